The number of allylic oxidation sites excluding steroid dienone is 2. The Balaban J connectivity index is 1.45. The monoisotopic (exact) mass is 472 g/mol. The van der Waals surface area contributed by atoms with Crippen molar-refractivity contribution in [2.75, 3.05) is 6.61 Å². The van der Waals surface area contributed by atoms with Crippen LogP contribution in [-0.2, 0) is 4.74 Å². The number of aliphatic hydroxyl groups excluding tert-OH is 3. The lowest BCUT2D eigenvalue weighted by atomic mass is 9.33. The van der Waals surface area contributed by atoms with E-state index in [2.05, 4.69) is 47.6 Å². The van der Waals surface area contributed by atoms with Gasteiger partial charge in [-0.1, -0.05) is 53.2 Å². The summed E-state index contributed by atoms with van der Waals surface area (Å²) >= 11 is 0. The van der Waals surface area contributed by atoms with E-state index < -0.39 is 6.29 Å². The van der Waals surface area contributed by atoms with Gasteiger partial charge in [0.15, 0.2) is 6.29 Å². The summed E-state index contributed by atoms with van der Waals surface area (Å²) in [6.45, 7) is 14.8. The molecule has 7 rings (SSSR count). The largest absolute Gasteiger partial charge is 0.393 e. The third kappa shape index (κ3) is 2.60. The average Bonchev–Trinajstić information content (AvgIpc) is 2.96. The summed E-state index contributed by atoms with van der Waals surface area (Å²) in [6, 6.07) is 0. The van der Waals surface area contributed by atoms with Crippen LogP contribution in [0.3, 0.4) is 0 Å². The highest BCUT2D eigenvalue weighted by Gasteiger charge is 2.70. The first-order chi connectivity index (χ1) is 15.7. The van der Waals surface area contributed by atoms with Crippen LogP contribution >= 0.6 is 0 Å². The van der Waals surface area contributed by atoms with E-state index in [1.165, 1.54) is 12.8 Å². The third-order valence-corrected chi connectivity index (χ3v) is 13.8. The summed E-state index contributed by atoms with van der Waals surface area (Å²) < 4.78 is 6.03. The molecule has 2 heterocycles. The molecule has 1 spiro atoms. The number of fused-ring (bicyclic) bond motifs is 8. The van der Waals surface area contributed by atoms with Crippen molar-refractivity contribution in [1.82, 2.24) is 0 Å². The van der Waals surface area contributed by atoms with Crippen molar-refractivity contribution in [3.05, 3.63) is 11.6 Å². The molecule has 34 heavy (non-hydrogen) atoms. The zero-order valence-corrected chi connectivity index (χ0v) is 22.4. The molecule has 4 saturated carbocycles. The number of aliphatic hydroxyl groups is 3. The summed E-state index contributed by atoms with van der Waals surface area (Å²) in [5.41, 5.74) is 1.38. The maximum atomic E-state index is 11.9. The Labute approximate surface area is 206 Å². The Bertz CT molecular complexity index is 907. The van der Waals surface area contributed by atoms with E-state index in [0.29, 0.717) is 24.4 Å². The van der Waals surface area contributed by atoms with Crippen molar-refractivity contribution >= 4 is 0 Å². The van der Waals surface area contributed by atoms with Crippen LogP contribution in [0.15, 0.2) is 11.6 Å². The van der Waals surface area contributed by atoms with Gasteiger partial charge in [-0.3, -0.25) is 0 Å². The zero-order chi connectivity index (χ0) is 24.5. The third-order valence-electron chi connectivity index (χ3n) is 13.8. The zero-order valence-electron chi connectivity index (χ0n) is 22.4. The highest BCUT2D eigenvalue weighted by Crippen LogP contribution is 2.76. The highest BCUT2D eigenvalue weighted by atomic mass is 16.6. The van der Waals surface area contributed by atoms with Gasteiger partial charge in [0, 0.05) is 10.8 Å². The molecule has 0 aromatic carbocycles. The molecule has 4 heteroatoms. The fourth-order valence-electron chi connectivity index (χ4n) is 11.2. The second kappa shape index (κ2) is 6.91. The van der Waals surface area contributed by atoms with Crippen molar-refractivity contribution in [1.29, 1.82) is 0 Å². The Morgan fingerprint density at radius 2 is 1.56 bits per heavy atom. The molecule has 4 nitrogen and oxygen atoms in total. The predicted molar refractivity (Wildman–Crippen MR) is 133 cm³/mol. The van der Waals surface area contributed by atoms with Crippen LogP contribution in [0.1, 0.15) is 99.3 Å². The molecule has 2 saturated heterocycles. The molecule has 0 radical (unpaired) electrons. The Hall–Kier alpha value is -0.420. The molecular weight excluding hydrogens is 424 g/mol. The van der Waals surface area contributed by atoms with E-state index in [9.17, 15) is 15.3 Å². The molecule has 6 fully saturated rings. The minimum Gasteiger partial charge on any atom is -0.393 e. The van der Waals surface area contributed by atoms with Gasteiger partial charge in [-0.05, 0) is 97.2 Å². The van der Waals surface area contributed by atoms with Crippen molar-refractivity contribution in [2.45, 2.75) is 118 Å². The number of rotatable bonds is 0. The Kier molecular flexibility index (Phi) is 4.87. The smallest absolute Gasteiger partial charge is 0.159 e. The number of hydrogen-bond acceptors (Lipinski definition) is 4. The van der Waals surface area contributed by atoms with Gasteiger partial charge in [-0.2, -0.15) is 0 Å². The van der Waals surface area contributed by atoms with Crippen molar-refractivity contribution in [3.63, 3.8) is 0 Å². The van der Waals surface area contributed by atoms with E-state index in [0.717, 1.165) is 44.9 Å². The van der Waals surface area contributed by atoms with Crippen LogP contribution in [0.2, 0.25) is 0 Å². The fraction of sp³-hybridized carbons (Fsp3) is 0.933. The molecule has 11 unspecified atom stereocenters. The van der Waals surface area contributed by atoms with Crippen LogP contribution in [0.25, 0.3) is 0 Å². The summed E-state index contributed by atoms with van der Waals surface area (Å²) in [7, 11) is 0. The molecule has 7 aliphatic rings. The number of ether oxygens (including phenoxy) is 1. The summed E-state index contributed by atoms with van der Waals surface area (Å²) in [4.78, 5) is 0. The molecule has 11 atom stereocenters. The maximum Gasteiger partial charge on any atom is 0.159 e. The first kappa shape index (κ1) is 23.9. The fourth-order valence-corrected chi connectivity index (χ4v) is 11.2. The quantitative estimate of drug-likeness (QED) is 0.410. The second-order valence-corrected chi connectivity index (χ2v) is 15.2. The SMILES string of the molecule is CC12CCC3(COC1O)C(O)CC1(C)C(=CCC4C5(C)CCC(O)C(C)(C)C5CCC41C)C3C2. The predicted octanol–water partition coefficient (Wildman–Crippen LogP) is 5.45. The molecule has 0 amide bonds. The van der Waals surface area contributed by atoms with E-state index >= 15 is 0 Å². The van der Waals surface area contributed by atoms with E-state index in [4.69, 9.17) is 4.74 Å². The Morgan fingerprint density at radius 1 is 0.824 bits per heavy atom. The second-order valence-electron chi connectivity index (χ2n) is 15.2. The van der Waals surface area contributed by atoms with Crippen LogP contribution in [0, 0.1) is 50.2 Å². The van der Waals surface area contributed by atoms with Crippen molar-refractivity contribution < 1.29 is 20.1 Å². The summed E-state index contributed by atoms with van der Waals surface area (Å²) in [5.74, 6) is 1.41. The highest BCUT2D eigenvalue weighted by molar-refractivity contribution is 5.35. The molecule has 5 aliphatic carbocycles. The minimum absolute atomic E-state index is 0.0365. The van der Waals surface area contributed by atoms with Gasteiger partial charge in [0.1, 0.15) is 0 Å². The van der Waals surface area contributed by atoms with Gasteiger partial charge >= 0.3 is 0 Å². The standard InChI is InChI=1S/C30H48O4/c1-25(2)20-9-12-28(5)21(27(20,4)11-10-22(25)31)8-7-18-19-15-26(3)13-14-30(19,17-34-24(26)33)23(32)16-29(18,28)6/h7,19-24,31-33H,8-17H2,1-6H3. The van der Waals surface area contributed by atoms with Crippen LogP contribution in [0.4, 0.5) is 0 Å². The van der Waals surface area contributed by atoms with Crippen LogP contribution in [0.5, 0.6) is 0 Å². The van der Waals surface area contributed by atoms with Gasteiger partial charge in [0.25, 0.3) is 0 Å². The van der Waals surface area contributed by atoms with E-state index in [1.807, 2.05) is 0 Å². The minimum atomic E-state index is -0.728. The molecule has 2 aliphatic heterocycles. The van der Waals surface area contributed by atoms with Gasteiger partial charge < -0.3 is 20.1 Å². The first-order valence-electron chi connectivity index (χ1n) is 14.1. The van der Waals surface area contributed by atoms with Crippen molar-refractivity contribution in [3.8, 4) is 0 Å². The van der Waals surface area contributed by atoms with Gasteiger partial charge in [0.2, 0.25) is 0 Å². The molecular formula is C30H48O4. The Morgan fingerprint density at radius 3 is 2.29 bits per heavy atom. The van der Waals surface area contributed by atoms with Crippen LogP contribution < -0.4 is 0 Å². The lowest BCUT2D eigenvalue weighted by Gasteiger charge is -2.71. The molecule has 0 aromatic heterocycles. The average molecular weight is 473 g/mol. The van der Waals surface area contributed by atoms with Gasteiger partial charge in [0.05, 0.1) is 18.8 Å². The topological polar surface area (TPSA) is 69.9 Å². The van der Waals surface area contributed by atoms with Crippen LogP contribution in [-0.4, -0.2) is 40.4 Å². The summed E-state index contributed by atoms with van der Waals surface area (Å²) in [5, 5.41) is 33.6. The molecule has 3 N–H and O–H groups in total. The molecule has 0 aromatic rings. The maximum absolute atomic E-state index is 11.9. The van der Waals surface area contributed by atoms with Gasteiger partial charge in [-0.25, -0.2) is 0 Å². The summed E-state index contributed by atoms with van der Waals surface area (Å²) in [6.07, 6.45) is 10.4. The molecule has 2 bridgehead atoms. The van der Waals surface area contributed by atoms with E-state index in [-0.39, 0.29) is 44.7 Å². The number of hydrogen-bond donors (Lipinski definition) is 3. The van der Waals surface area contributed by atoms with Crippen molar-refractivity contribution in [2.24, 2.45) is 50.2 Å². The molecule has 192 valence electrons. The van der Waals surface area contributed by atoms with Gasteiger partial charge in [-0.15, -0.1) is 0 Å². The van der Waals surface area contributed by atoms with E-state index in [1.54, 1.807) is 5.57 Å². The lowest BCUT2D eigenvalue weighted by molar-refractivity contribution is -0.215. The normalized spacial score (nSPS) is 60.2. The lowest BCUT2D eigenvalue weighted by Crippen LogP contribution is -2.66. The first-order valence-corrected chi connectivity index (χ1v) is 14.1.